The molecule has 1 aliphatic heterocycles. The third kappa shape index (κ3) is 8.56. The van der Waals surface area contributed by atoms with Gasteiger partial charge in [0.1, 0.15) is 5.60 Å². The van der Waals surface area contributed by atoms with E-state index in [9.17, 15) is 18.0 Å². The largest absolute Gasteiger partial charge is 0.490 e. The Morgan fingerprint density at radius 1 is 1.03 bits per heavy atom. The summed E-state index contributed by atoms with van der Waals surface area (Å²) in [6, 6.07) is 11.5. The van der Waals surface area contributed by atoms with E-state index in [-0.39, 0.29) is 36.2 Å². The number of anilines is 1. The SMILES string of the molecule is CC(C)(C)OC(=O)Cc1cccc(NC(=O)CCCNS(=O)(=O)c2ccc3c(c2)OCCCO3)c1. The lowest BCUT2D eigenvalue weighted by Gasteiger charge is -2.19. The van der Waals surface area contributed by atoms with Crippen LogP contribution in [0.15, 0.2) is 47.4 Å². The average molecular weight is 505 g/mol. The first-order valence-corrected chi connectivity index (χ1v) is 13.0. The van der Waals surface area contributed by atoms with E-state index >= 15 is 0 Å². The molecule has 35 heavy (non-hydrogen) atoms. The fourth-order valence-electron chi connectivity index (χ4n) is 3.38. The summed E-state index contributed by atoms with van der Waals surface area (Å²) >= 11 is 0. The number of hydrogen-bond acceptors (Lipinski definition) is 7. The van der Waals surface area contributed by atoms with E-state index in [1.54, 1.807) is 51.1 Å². The molecule has 0 spiro atoms. The number of carbonyl (C=O) groups is 2. The summed E-state index contributed by atoms with van der Waals surface area (Å²) in [7, 11) is -3.75. The molecule has 0 aliphatic carbocycles. The normalized spacial score (nSPS) is 13.6. The molecule has 0 aromatic heterocycles. The lowest BCUT2D eigenvalue weighted by atomic mass is 10.1. The number of esters is 1. The summed E-state index contributed by atoms with van der Waals surface area (Å²) in [5.41, 5.74) is 0.718. The Morgan fingerprint density at radius 3 is 2.51 bits per heavy atom. The summed E-state index contributed by atoms with van der Waals surface area (Å²) in [4.78, 5) is 24.4. The number of benzene rings is 2. The van der Waals surface area contributed by atoms with Crippen molar-refractivity contribution in [3.63, 3.8) is 0 Å². The summed E-state index contributed by atoms with van der Waals surface area (Å²) in [6.45, 7) is 6.50. The molecule has 3 rings (SSSR count). The first-order valence-electron chi connectivity index (χ1n) is 11.5. The monoisotopic (exact) mass is 504 g/mol. The number of carbonyl (C=O) groups excluding carboxylic acids is 2. The van der Waals surface area contributed by atoms with Gasteiger partial charge in [-0.1, -0.05) is 12.1 Å². The molecule has 1 aliphatic rings. The van der Waals surface area contributed by atoms with Gasteiger partial charge in [0.25, 0.3) is 0 Å². The zero-order valence-corrected chi connectivity index (χ0v) is 21.1. The molecular weight excluding hydrogens is 472 g/mol. The zero-order valence-electron chi connectivity index (χ0n) is 20.3. The predicted molar refractivity (Wildman–Crippen MR) is 131 cm³/mol. The maximum absolute atomic E-state index is 12.6. The number of amides is 1. The van der Waals surface area contributed by atoms with Crippen LogP contribution < -0.4 is 19.5 Å². The van der Waals surface area contributed by atoms with Crippen molar-refractivity contribution in [3.8, 4) is 11.5 Å². The predicted octanol–water partition coefficient (Wildman–Crippen LogP) is 3.43. The number of fused-ring (bicyclic) bond motifs is 1. The Labute approximate surface area is 206 Å². The number of ether oxygens (including phenoxy) is 3. The molecule has 190 valence electrons. The molecule has 0 radical (unpaired) electrons. The Kier molecular flexibility index (Phi) is 8.74. The van der Waals surface area contributed by atoms with Crippen molar-refractivity contribution < 1.29 is 32.2 Å². The lowest BCUT2D eigenvalue weighted by molar-refractivity contribution is -0.153. The van der Waals surface area contributed by atoms with Gasteiger partial charge in [-0.2, -0.15) is 0 Å². The fraction of sp³-hybridized carbons (Fsp3) is 0.440. The summed E-state index contributed by atoms with van der Waals surface area (Å²) in [5, 5.41) is 2.77. The molecule has 1 amide bonds. The van der Waals surface area contributed by atoms with Crippen LogP contribution >= 0.6 is 0 Å². The maximum Gasteiger partial charge on any atom is 0.310 e. The minimum Gasteiger partial charge on any atom is -0.490 e. The highest BCUT2D eigenvalue weighted by atomic mass is 32.2. The first kappa shape index (κ1) is 26.5. The van der Waals surface area contributed by atoms with Gasteiger partial charge in [-0.15, -0.1) is 0 Å². The number of hydrogen-bond donors (Lipinski definition) is 2. The van der Waals surface area contributed by atoms with Gasteiger partial charge in [-0.3, -0.25) is 9.59 Å². The van der Waals surface area contributed by atoms with Crippen LogP contribution in [0.3, 0.4) is 0 Å². The smallest absolute Gasteiger partial charge is 0.310 e. The van der Waals surface area contributed by atoms with Crippen molar-refractivity contribution in [3.05, 3.63) is 48.0 Å². The highest BCUT2D eigenvalue weighted by Gasteiger charge is 2.19. The number of sulfonamides is 1. The molecule has 0 saturated heterocycles. The van der Waals surface area contributed by atoms with Gasteiger partial charge in [0.15, 0.2) is 11.5 Å². The summed E-state index contributed by atoms with van der Waals surface area (Å²) in [6.07, 6.45) is 1.26. The molecule has 0 unspecified atom stereocenters. The van der Waals surface area contributed by atoms with Crippen LogP contribution in [-0.2, 0) is 30.8 Å². The van der Waals surface area contributed by atoms with Crippen molar-refractivity contribution in [1.29, 1.82) is 0 Å². The third-order valence-corrected chi connectivity index (χ3v) is 6.34. The van der Waals surface area contributed by atoms with E-state index in [0.717, 1.165) is 12.0 Å². The van der Waals surface area contributed by atoms with Gasteiger partial charge in [-0.05, 0) is 57.0 Å². The van der Waals surface area contributed by atoms with E-state index < -0.39 is 15.6 Å². The van der Waals surface area contributed by atoms with Crippen LogP contribution in [-0.4, -0.2) is 45.7 Å². The quantitative estimate of drug-likeness (QED) is 0.397. The fourth-order valence-corrected chi connectivity index (χ4v) is 4.47. The highest BCUT2D eigenvalue weighted by Crippen LogP contribution is 2.31. The van der Waals surface area contributed by atoms with Gasteiger partial charge in [0.05, 0.1) is 24.5 Å². The van der Waals surface area contributed by atoms with Crippen molar-refractivity contribution in [2.45, 2.75) is 57.0 Å². The molecule has 2 N–H and O–H groups in total. The molecule has 0 bridgehead atoms. The highest BCUT2D eigenvalue weighted by molar-refractivity contribution is 7.89. The van der Waals surface area contributed by atoms with Gasteiger partial charge in [0, 0.05) is 31.1 Å². The molecule has 2 aromatic rings. The second kappa shape index (κ2) is 11.5. The topological polar surface area (TPSA) is 120 Å². The minimum absolute atomic E-state index is 0.0769. The Hall–Kier alpha value is -3.11. The van der Waals surface area contributed by atoms with Crippen LogP contribution in [0.4, 0.5) is 5.69 Å². The van der Waals surface area contributed by atoms with Crippen molar-refractivity contribution >= 4 is 27.6 Å². The van der Waals surface area contributed by atoms with Crippen molar-refractivity contribution in [2.24, 2.45) is 0 Å². The van der Waals surface area contributed by atoms with Crippen molar-refractivity contribution in [1.82, 2.24) is 4.72 Å². The summed E-state index contributed by atoms with van der Waals surface area (Å²) < 4.78 is 44.1. The van der Waals surface area contributed by atoms with Crippen LogP contribution in [0.25, 0.3) is 0 Å². The Bertz CT molecular complexity index is 1160. The standard InChI is InChI=1S/C25H32N2O7S/c1-25(2,3)34-24(29)16-18-7-4-8-19(15-18)27-23(28)9-5-12-26-35(30,31)20-10-11-21-22(17-20)33-14-6-13-32-21/h4,7-8,10-11,15,17,26H,5-6,9,12-14,16H2,1-3H3,(H,27,28). The number of rotatable bonds is 9. The number of nitrogens with one attached hydrogen (secondary N) is 2. The van der Waals surface area contributed by atoms with Crippen LogP contribution in [0, 0.1) is 0 Å². The molecule has 1 heterocycles. The van der Waals surface area contributed by atoms with E-state index in [2.05, 4.69) is 10.0 Å². The van der Waals surface area contributed by atoms with E-state index in [1.165, 1.54) is 12.1 Å². The van der Waals surface area contributed by atoms with Gasteiger partial charge in [0.2, 0.25) is 15.9 Å². The third-order valence-electron chi connectivity index (χ3n) is 4.88. The van der Waals surface area contributed by atoms with E-state index in [4.69, 9.17) is 14.2 Å². The van der Waals surface area contributed by atoms with E-state index in [1.807, 2.05) is 0 Å². The Balaban J connectivity index is 1.46. The Morgan fingerprint density at radius 2 is 1.77 bits per heavy atom. The van der Waals surface area contributed by atoms with Crippen LogP contribution in [0.2, 0.25) is 0 Å². The molecule has 2 aromatic carbocycles. The molecular formula is C25H32N2O7S. The minimum atomic E-state index is -3.75. The molecule has 0 atom stereocenters. The molecule has 0 saturated carbocycles. The van der Waals surface area contributed by atoms with Gasteiger partial charge in [-0.25, -0.2) is 13.1 Å². The maximum atomic E-state index is 12.6. The van der Waals surface area contributed by atoms with Crippen LogP contribution in [0.5, 0.6) is 11.5 Å². The molecule has 10 heteroatoms. The van der Waals surface area contributed by atoms with Crippen molar-refractivity contribution in [2.75, 3.05) is 25.1 Å². The average Bonchev–Trinajstić information content (AvgIpc) is 3.00. The molecule has 9 nitrogen and oxygen atoms in total. The van der Waals surface area contributed by atoms with Crippen LogP contribution in [0.1, 0.15) is 45.6 Å². The molecule has 0 fully saturated rings. The first-order chi connectivity index (χ1) is 16.5. The van der Waals surface area contributed by atoms with Gasteiger partial charge >= 0.3 is 5.97 Å². The lowest BCUT2D eigenvalue weighted by Crippen LogP contribution is -2.26. The summed E-state index contributed by atoms with van der Waals surface area (Å²) in [5.74, 6) is 0.322. The second-order valence-electron chi connectivity index (χ2n) is 9.17. The van der Waals surface area contributed by atoms with E-state index in [0.29, 0.717) is 36.8 Å². The van der Waals surface area contributed by atoms with Gasteiger partial charge < -0.3 is 19.5 Å². The zero-order chi connectivity index (χ0) is 25.5. The second-order valence-corrected chi connectivity index (χ2v) is 10.9.